The second-order valence-electron chi connectivity index (χ2n) is 4.67. The third-order valence-electron chi connectivity index (χ3n) is 3.26. The highest BCUT2D eigenvalue weighted by molar-refractivity contribution is 9.10. The van der Waals surface area contributed by atoms with Gasteiger partial charge in [-0.15, -0.1) is 0 Å². The van der Waals surface area contributed by atoms with E-state index < -0.39 is 6.04 Å². The minimum atomic E-state index is -0.403. The lowest BCUT2D eigenvalue weighted by molar-refractivity contribution is -0.114. The second kappa shape index (κ2) is 6.03. The van der Waals surface area contributed by atoms with Crippen LogP contribution in [0.2, 0.25) is 0 Å². The molecule has 5 nitrogen and oxygen atoms in total. The maximum atomic E-state index is 12.0. The van der Waals surface area contributed by atoms with Crippen LogP contribution in [-0.4, -0.2) is 23.1 Å². The summed E-state index contributed by atoms with van der Waals surface area (Å²) < 4.78 is 5.79. The number of methoxy groups -OCH3 is 1. The fraction of sp³-hybridized carbons (Fsp3) is 0.286. The van der Waals surface area contributed by atoms with Crippen LogP contribution in [0.1, 0.15) is 25.5 Å². The lowest BCUT2D eigenvalue weighted by atomic mass is 9.93. The Morgan fingerprint density at radius 3 is 2.71 bits per heavy atom. The van der Waals surface area contributed by atoms with Gasteiger partial charge in [-0.25, -0.2) is 0 Å². The van der Waals surface area contributed by atoms with E-state index in [9.17, 15) is 9.90 Å². The van der Waals surface area contributed by atoms with Crippen LogP contribution in [0.15, 0.2) is 27.9 Å². The first-order valence-electron chi connectivity index (χ1n) is 6.20. The van der Waals surface area contributed by atoms with Crippen molar-refractivity contribution in [2.24, 2.45) is 0 Å². The van der Waals surface area contributed by atoms with Crippen LogP contribution in [0.3, 0.4) is 0 Å². The first kappa shape index (κ1) is 15.8. The van der Waals surface area contributed by atoms with Crippen molar-refractivity contribution in [1.29, 1.82) is 0 Å². The summed E-state index contributed by atoms with van der Waals surface area (Å²) in [4.78, 5) is 12.0. The van der Waals surface area contributed by atoms with E-state index in [1.165, 1.54) is 20.1 Å². The summed E-state index contributed by atoms with van der Waals surface area (Å²) >= 11 is 8.58. The molecule has 3 N–H and O–H groups in total. The number of hydrogen-bond donors (Lipinski definition) is 3. The van der Waals surface area contributed by atoms with E-state index in [0.717, 1.165) is 11.3 Å². The van der Waals surface area contributed by atoms with Gasteiger partial charge in [0.15, 0.2) is 22.4 Å². The molecule has 0 fully saturated rings. The molecule has 1 aromatic carbocycles. The van der Waals surface area contributed by atoms with Gasteiger partial charge >= 0.3 is 0 Å². The Bertz CT molecular complexity index is 658. The van der Waals surface area contributed by atoms with E-state index in [-0.39, 0.29) is 11.5 Å². The molecule has 0 aromatic heterocycles. The molecule has 0 unspecified atom stereocenters. The summed E-state index contributed by atoms with van der Waals surface area (Å²) in [7, 11) is 1.47. The summed E-state index contributed by atoms with van der Waals surface area (Å²) in [5.74, 6) is 0.300. The number of thiocarbonyl (C=S) groups is 1. The van der Waals surface area contributed by atoms with Crippen molar-refractivity contribution < 1.29 is 14.6 Å². The van der Waals surface area contributed by atoms with Crippen molar-refractivity contribution >= 4 is 39.0 Å². The van der Waals surface area contributed by atoms with E-state index in [2.05, 4.69) is 26.6 Å². The third-order valence-corrected chi connectivity index (χ3v) is 4.16. The highest BCUT2D eigenvalue weighted by Gasteiger charge is 2.29. The van der Waals surface area contributed by atoms with Crippen molar-refractivity contribution in [2.45, 2.75) is 19.9 Å². The Labute approximate surface area is 136 Å². The molecule has 0 aliphatic carbocycles. The smallest absolute Gasteiger partial charge is 0.171 e. The normalized spacial score (nSPS) is 18.1. The fourth-order valence-electron chi connectivity index (χ4n) is 2.34. The molecular weight excluding hydrogens is 356 g/mol. The Balaban J connectivity index is 2.61. The van der Waals surface area contributed by atoms with Crippen LogP contribution < -0.4 is 15.4 Å². The topological polar surface area (TPSA) is 70.6 Å². The van der Waals surface area contributed by atoms with E-state index in [4.69, 9.17) is 17.0 Å². The standard InChI is InChI=1S/C14H15BrN2O3S/c1-6-12(7(2)18)13(17-14(21)16-6)8-4-11(20-3)10(19)5-9(8)15/h4-5,13,19H,1-3H3,(H2,16,17,21)/t13-/m1/s1. The van der Waals surface area contributed by atoms with Gasteiger partial charge < -0.3 is 20.5 Å². The number of hydrogen-bond acceptors (Lipinski definition) is 4. The summed E-state index contributed by atoms with van der Waals surface area (Å²) in [5.41, 5.74) is 2.07. The molecule has 0 amide bonds. The van der Waals surface area contributed by atoms with Crippen molar-refractivity contribution in [2.75, 3.05) is 7.11 Å². The van der Waals surface area contributed by atoms with Crippen LogP contribution in [0, 0.1) is 0 Å². The highest BCUT2D eigenvalue weighted by Crippen LogP contribution is 2.38. The number of ketones is 1. The number of aromatic hydroxyl groups is 1. The van der Waals surface area contributed by atoms with Crippen molar-refractivity contribution in [1.82, 2.24) is 10.6 Å². The molecule has 112 valence electrons. The van der Waals surface area contributed by atoms with Crippen molar-refractivity contribution in [3.05, 3.63) is 33.4 Å². The molecule has 0 bridgehead atoms. The number of rotatable bonds is 3. The zero-order valence-electron chi connectivity index (χ0n) is 11.8. The summed E-state index contributed by atoms with van der Waals surface area (Å²) in [6.45, 7) is 3.32. The van der Waals surface area contributed by atoms with Crippen LogP contribution in [-0.2, 0) is 4.79 Å². The van der Waals surface area contributed by atoms with E-state index >= 15 is 0 Å². The SMILES string of the molecule is COc1cc([C@H]2NC(=S)NC(C)=C2C(C)=O)c(Br)cc1O. The van der Waals surface area contributed by atoms with Gasteiger partial charge in [0, 0.05) is 15.7 Å². The molecule has 21 heavy (non-hydrogen) atoms. The molecule has 1 aliphatic rings. The third kappa shape index (κ3) is 3.03. The van der Waals surface area contributed by atoms with Crippen LogP contribution in [0.5, 0.6) is 11.5 Å². The van der Waals surface area contributed by atoms with Gasteiger partial charge in [0.1, 0.15) is 0 Å². The van der Waals surface area contributed by atoms with Gasteiger partial charge in [0.05, 0.1) is 13.2 Å². The molecule has 1 heterocycles. The number of carbonyl (C=O) groups is 1. The van der Waals surface area contributed by atoms with Crippen LogP contribution in [0.4, 0.5) is 0 Å². The Hall–Kier alpha value is -1.60. The summed E-state index contributed by atoms with van der Waals surface area (Å²) in [6, 6.07) is 2.81. The molecule has 1 atom stereocenters. The van der Waals surface area contributed by atoms with E-state index in [1.807, 2.05) is 6.92 Å². The number of halogens is 1. The Morgan fingerprint density at radius 1 is 1.48 bits per heavy atom. The molecule has 7 heteroatoms. The molecule has 1 aliphatic heterocycles. The highest BCUT2D eigenvalue weighted by atomic mass is 79.9. The average molecular weight is 371 g/mol. The maximum Gasteiger partial charge on any atom is 0.171 e. The van der Waals surface area contributed by atoms with Crippen molar-refractivity contribution in [3.63, 3.8) is 0 Å². The molecule has 0 saturated heterocycles. The predicted octanol–water partition coefficient (Wildman–Crippen LogP) is 2.55. The number of benzene rings is 1. The molecule has 1 aromatic rings. The minimum Gasteiger partial charge on any atom is -0.504 e. The lowest BCUT2D eigenvalue weighted by Crippen LogP contribution is -2.44. The largest absolute Gasteiger partial charge is 0.504 e. The van der Waals surface area contributed by atoms with Gasteiger partial charge in [-0.3, -0.25) is 4.79 Å². The number of ether oxygens (including phenoxy) is 1. The van der Waals surface area contributed by atoms with Crippen LogP contribution >= 0.6 is 28.1 Å². The first-order valence-corrected chi connectivity index (χ1v) is 7.41. The summed E-state index contributed by atoms with van der Waals surface area (Å²) in [5, 5.41) is 16.3. The Morgan fingerprint density at radius 2 is 2.14 bits per heavy atom. The quantitative estimate of drug-likeness (QED) is 0.710. The number of phenolic OH excluding ortho intramolecular Hbond substituents is 1. The van der Waals surface area contributed by atoms with Crippen molar-refractivity contribution in [3.8, 4) is 11.5 Å². The number of Topliss-reactive ketones (excluding diaryl/α,β-unsaturated/α-hetero) is 1. The van der Waals surface area contributed by atoms with Gasteiger partial charge in [0.2, 0.25) is 0 Å². The van der Waals surface area contributed by atoms with Gasteiger partial charge in [-0.2, -0.15) is 0 Å². The molecule has 0 radical (unpaired) electrons. The monoisotopic (exact) mass is 370 g/mol. The number of carbonyl (C=O) groups excluding carboxylic acids is 1. The van der Waals surface area contributed by atoms with E-state index in [0.29, 0.717) is 20.9 Å². The lowest BCUT2D eigenvalue weighted by Gasteiger charge is -2.30. The zero-order valence-corrected chi connectivity index (χ0v) is 14.2. The average Bonchev–Trinajstić information content (AvgIpc) is 2.37. The molecule has 0 spiro atoms. The number of allylic oxidation sites excluding steroid dienone is 1. The fourth-order valence-corrected chi connectivity index (χ4v) is 3.17. The predicted molar refractivity (Wildman–Crippen MR) is 87.4 cm³/mol. The molecule has 0 saturated carbocycles. The van der Waals surface area contributed by atoms with Gasteiger partial charge in [0.25, 0.3) is 0 Å². The number of phenols is 1. The van der Waals surface area contributed by atoms with Gasteiger partial charge in [-0.05, 0) is 43.8 Å². The molecular formula is C14H15BrN2O3S. The first-order chi connectivity index (χ1) is 9.85. The second-order valence-corrected chi connectivity index (χ2v) is 5.93. The van der Waals surface area contributed by atoms with Gasteiger partial charge in [-0.1, -0.05) is 15.9 Å². The number of nitrogens with one attached hydrogen (secondary N) is 2. The zero-order chi connectivity index (χ0) is 15.7. The minimum absolute atomic E-state index is 0.0229. The summed E-state index contributed by atoms with van der Waals surface area (Å²) in [6.07, 6.45) is 0. The molecule has 2 rings (SSSR count). The maximum absolute atomic E-state index is 12.0. The van der Waals surface area contributed by atoms with Crippen LogP contribution in [0.25, 0.3) is 0 Å². The van der Waals surface area contributed by atoms with E-state index in [1.54, 1.807) is 6.07 Å². The Kier molecular flexibility index (Phi) is 4.53.